The van der Waals surface area contributed by atoms with Crippen LogP contribution in [0.15, 0.2) is 22.6 Å². The lowest BCUT2D eigenvalue weighted by Crippen LogP contribution is -2.28. The Hall–Kier alpha value is -2.48. The molecule has 1 fully saturated rings. The van der Waals surface area contributed by atoms with Crippen LogP contribution in [-0.2, 0) is 14.4 Å². The second kappa shape index (κ2) is 4.80. The monoisotopic (exact) mass is 252 g/mol. The van der Waals surface area contributed by atoms with E-state index < -0.39 is 22.6 Å². The summed E-state index contributed by atoms with van der Waals surface area (Å²) in [7, 11) is 0. The first-order valence-corrected chi connectivity index (χ1v) is 5.00. The molecule has 0 saturated carbocycles. The Balaban J connectivity index is 2.03. The highest BCUT2D eigenvalue weighted by Gasteiger charge is 2.26. The van der Waals surface area contributed by atoms with E-state index in [9.17, 15) is 19.7 Å². The third-order valence-electron chi connectivity index (χ3n) is 2.15. The van der Waals surface area contributed by atoms with Crippen molar-refractivity contribution >= 4 is 23.8 Å². The van der Waals surface area contributed by atoms with E-state index in [1.807, 2.05) is 0 Å². The number of furan rings is 1. The van der Waals surface area contributed by atoms with E-state index >= 15 is 0 Å². The van der Waals surface area contributed by atoms with Crippen molar-refractivity contribution in [2.75, 3.05) is 6.61 Å². The number of nitro groups is 1. The van der Waals surface area contributed by atoms with E-state index in [1.54, 1.807) is 0 Å². The highest BCUT2D eigenvalue weighted by Crippen LogP contribution is 2.17. The molecule has 0 aliphatic carbocycles. The van der Waals surface area contributed by atoms with Gasteiger partial charge in [-0.15, -0.1) is 5.06 Å². The Morgan fingerprint density at radius 1 is 1.50 bits per heavy atom. The van der Waals surface area contributed by atoms with Gasteiger partial charge < -0.3 is 4.42 Å². The molecule has 1 saturated heterocycles. The van der Waals surface area contributed by atoms with Crippen molar-refractivity contribution in [3.63, 3.8) is 0 Å². The molecule has 2 heterocycles. The number of hydrogen-bond acceptors (Lipinski definition) is 6. The molecule has 8 heteroatoms. The minimum absolute atomic E-state index is 0.140. The fraction of sp³-hybridized carbons (Fsp3) is 0.200. The quantitative estimate of drug-likeness (QED) is 0.449. The summed E-state index contributed by atoms with van der Waals surface area (Å²) in [6.07, 6.45) is 2.43. The first kappa shape index (κ1) is 12.0. The van der Waals surface area contributed by atoms with Gasteiger partial charge >= 0.3 is 5.88 Å². The molecule has 1 aromatic rings. The molecule has 2 rings (SSSR count). The zero-order valence-electron chi connectivity index (χ0n) is 9.07. The van der Waals surface area contributed by atoms with Crippen LogP contribution in [0.4, 0.5) is 5.88 Å². The van der Waals surface area contributed by atoms with E-state index in [2.05, 4.69) is 0 Å². The third-order valence-corrected chi connectivity index (χ3v) is 2.15. The van der Waals surface area contributed by atoms with Gasteiger partial charge in [-0.1, -0.05) is 0 Å². The second-order valence-electron chi connectivity index (χ2n) is 3.38. The van der Waals surface area contributed by atoms with E-state index in [4.69, 9.17) is 9.25 Å². The van der Waals surface area contributed by atoms with Gasteiger partial charge in [0.15, 0.2) is 0 Å². The molecule has 8 nitrogen and oxygen atoms in total. The summed E-state index contributed by atoms with van der Waals surface area (Å²) in [5.74, 6) is -1.36. The summed E-state index contributed by atoms with van der Waals surface area (Å²) in [4.78, 5) is 37.1. The largest absolute Gasteiger partial charge is 0.433 e. The Morgan fingerprint density at radius 3 is 2.83 bits per heavy atom. The molecule has 1 aliphatic heterocycles. The van der Waals surface area contributed by atoms with Crippen LogP contribution in [0.1, 0.15) is 12.2 Å². The van der Waals surface area contributed by atoms with Gasteiger partial charge in [-0.2, -0.15) is 0 Å². The average Bonchev–Trinajstić information content (AvgIpc) is 2.94. The van der Waals surface area contributed by atoms with Gasteiger partial charge in [0.1, 0.15) is 10.7 Å². The molecule has 2 amide bonds. The SMILES string of the molecule is O=C(/C=C/c1ccc([N+](=O)[O-])o1)N1OCCC1=O. The molecular weight excluding hydrogens is 244 g/mol. The van der Waals surface area contributed by atoms with Crippen LogP contribution < -0.4 is 0 Å². The summed E-state index contributed by atoms with van der Waals surface area (Å²) in [6.45, 7) is 0.171. The van der Waals surface area contributed by atoms with Gasteiger partial charge in [-0.25, -0.2) is 0 Å². The molecule has 0 spiro atoms. The molecule has 0 N–H and O–H groups in total. The van der Waals surface area contributed by atoms with Gasteiger partial charge in [0.25, 0.3) is 11.8 Å². The summed E-state index contributed by atoms with van der Waals surface area (Å²) in [5.41, 5.74) is 0. The van der Waals surface area contributed by atoms with Crippen LogP contribution in [0.25, 0.3) is 6.08 Å². The average molecular weight is 252 g/mol. The summed E-state index contributed by atoms with van der Waals surface area (Å²) < 4.78 is 4.80. The van der Waals surface area contributed by atoms with Gasteiger partial charge in [-0.3, -0.25) is 24.5 Å². The van der Waals surface area contributed by atoms with Crippen molar-refractivity contribution < 1.29 is 23.8 Å². The van der Waals surface area contributed by atoms with Crippen molar-refractivity contribution in [1.82, 2.24) is 5.06 Å². The van der Waals surface area contributed by atoms with Gasteiger partial charge in [0.05, 0.1) is 19.1 Å². The molecular formula is C10H8N2O6. The van der Waals surface area contributed by atoms with Crippen molar-refractivity contribution in [2.45, 2.75) is 6.42 Å². The Bertz CT molecular complexity index is 532. The highest BCUT2D eigenvalue weighted by molar-refractivity contribution is 6.02. The molecule has 94 valence electrons. The summed E-state index contributed by atoms with van der Waals surface area (Å²) >= 11 is 0. The topological polar surface area (TPSA) is 103 Å². The molecule has 0 unspecified atom stereocenters. The van der Waals surface area contributed by atoms with E-state index in [1.165, 1.54) is 18.2 Å². The Kier molecular flexibility index (Phi) is 3.20. The number of amides is 2. The predicted octanol–water partition coefficient (Wildman–Crippen LogP) is 0.891. The van der Waals surface area contributed by atoms with Crippen molar-refractivity contribution in [1.29, 1.82) is 0 Å². The van der Waals surface area contributed by atoms with Crippen LogP contribution in [0.3, 0.4) is 0 Å². The zero-order valence-corrected chi connectivity index (χ0v) is 9.07. The van der Waals surface area contributed by atoms with Crippen LogP contribution >= 0.6 is 0 Å². The van der Waals surface area contributed by atoms with Crippen LogP contribution in [0.5, 0.6) is 0 Å². The molecule has 0 aromatic carbocycles. The van der Waals surface area contributed by atoms with Crippen molar-refractivity contribution in [2.24, 2.45) is 0 Å². The minimum atomic E-state index is -0.688. The Morgan fingerprint density at radius 2 is 2.28 bits per heavy atom. The fourth-order valence-corrected chi connectivity index (χ4v) is 1.34. The molecule has 0 atom stereocenters. The maximum absolute atomic E-state index is 11.5. The number of rotatable bonds is 3. The third kappa shape index (κ3) is 2.43. The minimum Gasteiger partial charge on any atom is -0.401 e. The van der Waals surface area contributed by atoms with E-state index in [0.717, 1.165) is 6.08 Å². The first-order chi connectivity index (χ1) is 8.58. The van der Waals surface area contributed by atoms with Crippen LogP contribution in [0, 0.1) is 10.1 Å². The number of carbonyl (C=O) groups excluding carboxylic acids is 2. The highest BCUT2D eigenvalue weighted by atomic mass is 16.7. The number of hydrogen-bond donors (Lipinski definition) is 0. The van der Waals surface area contributed by atoms with Gasteiger partial charge in [-0.05, 0) is 12.1 Å². The Labute approximate surface area is 101 Å². The standard InChI is InChI=1S/C10H8N2O6/c13-8(11-9(14)5-6-17-11)3-1-7-2-4-10(18-7)12(15)16/h1-4H,5-6H2/b3-1+. The van der Waals surface area contributed by atoms with Gasteiger partial charge in [0.2, 0.25) is 0 Å². The van der Waals surface area contributed by atoms with E-state index in [-0.39, 0.29) is 18.8 Å². The van der Waals surface area contributed by atoms with Crippen molar-refractivity contribution in [3.05, 3.63) is 34.1 Å². The molecule has 1 aromatic heterocycles. The number of imide groups is 1. The summed E-state index contributed by atoms with van der Waals surface area (Å²) in [6, 6.07) is 2.51. The van der Waals surface area contributed by atoms with E-state index in [0.29, 0.717) is 5.06 Å². The second-order valence-corrected chi connectivity index (χ2v) is 3.38. The predicted molar refractivity (Wildman–Crippen MR) is 56.8 cm³/mol. The maximum atomic E-state index is 11.5. The molecule has 18 heavy (non-hydrogen) atoms. The summed E-state index contributed by atoms with van der Waals surface area (Å²) in [5, 5.41) is 11.0. The number of nitrogens with zero attached hydrogens (tertiary/aromatic N) is 2. The van der Waals surface area contributed by atoms with Crippen LogP contribution in [0.2, 0.25) is 0 Å². The zero-order chi connectivity index (χ0) is 13.1. The molecule has 0 bridgehead atoms. The molecule has 1 aliphatic rings. The lowest BCUT2D eigenvalue weighted by Gasteiger charge is -2.07. The van der Waals surface area contributed by atoms with Gasteiger partial charge in [0, 0.05) is 6.08 Å². The number of hydroxylamine groups is 2. The lowest BCUT2D eigenvalue weighted by molar-refractivity contribution is -0.402. The van der Waals surface area contributed by atoms with Crippen molar-refractivity contribution in [3.8, 4) is 0 Å². The lowest BCUT2D eigenvalue weighted by atomic mass is 10.3. The number of carbonyl (C=O) groups is 2. The van der Waals surface area contributed by atoms with Crippen LogP contribution in [-0.4, -0.2) is 28.4 Å². The normalized spacial score (nSPS) is 15.6. The smallest absolute Gasteiger partial charge is 0.401 e. The fourth-order valence-electron chi connectivity index (χ4n) is 1.34. The molecule has 0 radical (unpaired) electrons. The maximum Gasteiger partial charge on any atom is 0.433 e. The first-order valence-electron chi connectivity index (χ1n) is 5.00.